The largest absolute Gasteiger partial charge is 0.507 e. The van der Waals surface area contributed by atoms with E-state index in [-0.39, 0.29) is 45.8 Å². The summed E-state index contributed by atoms with van der Waals surface area (Å²) in [7, 11) is 1.40. The van der Waals surface area contributed by atoms with Gasteiger partial charge >= 0.3 is 5.97 Å². The van der Waals surface area contributed by atoms with E-state index in [0.717, 1.165) is 18.2 Å². The lowest BCUT2D eigenvalue weighted by Crippen LogP contribution is -2.22. The van der Waals surface area contributed by atoms with Gasteiger partial charge in [-0.15, -0.1) is 0 Å². The number of amides is 1. The van der Waals surface area contributed by atoms with Crippen molar-refractivity contribution in [3.63, 3.8) is 0 Å². The minimum Gasteiger partial charge on any atom is -0.507 e. The second-order valence-electron chi connectivity index (χ2n) is 8.72. The van der Waals surface area contributed by atoms with Gasteiger partial charge in [-0.05, 0) is 35.9 Å². The van der Waals surface area contributed by atoms with Crippen molar-refractivity contribution in [2.24, 2.45) is 5.73 Å². The summed E-state index contributed by atoms with van der Waals surface area (Å²) < 4.78 is 22.1. The van der Waals surface area contributed by atoms with Crippen LogP contribution in [0.2, 0.25) is 0 Å². The molecular formula is C27H21NO11. The molecule has 1 aromatic heterocycles. The Morgan fingerprint density at radius 1 is 1.00 bits per heavy atom. The summed E-state index contributed by atoms with van der Waals surface area (Å²) in [5, 5.41) is 40.5. The van der Waals surface area contributed by atoms with Crippen molar-refractivity contribution in [3.05, 3.63) is 63.8 Å². The third kappa shape index (κ3) is 4.37. The molecule has 12 nitrogen and oxygen atoms in total. The smallest absolute Gasteiger partial charge is 0.312 e. The molecule has 39 heavy (non-hydrogen) atoms. The molecule has 0 bridgehead atoms. The highest BCUT2D eigenvalue weighted by Gasteiger charge is 2.35. The molecule has 1 amide bonds. The van der Waals surface area contributed by atoms with Gasteiger partial charge in [0, 0.05) is 23.1 Å². The fourth-order valence-corrected chi connectivity index (χ4v) is 4.50. The third-order valence-corrected chi connectivity index (χ3v) is 6.26. The molecule has 0 saturated heterocycles. The lowest BCUT2D eigenvalue weighted by molar-refractivity contribution is -0.135. The Morgan fingerprint density at radius 2 is 1.77 bits per heavy atom. The lowest BCUT2D eigenvalue weighted by atomic mass is 9.85. The van der Waals surface area contributed by atoms with E-state index in [1.54, 1.807) is 12.1 Å². The predicted octanol–water partition coefficient (Wildman–Crippen LogP) is 2.60. The van der Waals surface area contributed by atoms with Crippen LogP contribution in [0.3, 0.4) is 0 Å². The topological polar surface area (TPSA) is 199 Å². The highest BCUT2D eigenvalue weighted by atomic mass is 16.5. The number of aromatic hydroxyl groups is 4. The predicted molar refractivity (Wildman–Crippen MR) is 134 cm³/mol. The average Bonchev–Trinajstić information content (AvgIpc) is 2.90. The summed E-state index contributed by atoms with van der Waals surface area (Å²) in [6, 6.07) is 9.33. The molecule has 0 unspecified atom stereocenters. The van der Waals surface area contributed by atoms with Gasteiger partial charge in [0.05, 0.1) is 13.5 Å². The van der Waals surface area contributed by atoms with Crippen molar-refractivity contribution in [2.75, 3.05) is 13.7 Å². The highest BCUT2D eigenvalue weighted by Crippen LogP contribution is 2.48. The molecule has 0 aliphatic carbocycles. The molecule has 3 aromatic carbocycles. The van der Waals surface area contributed by atoms with Crippen LogP contribution in [-0.2, 0) is 9.59 Å². The second kappa shape index (κ2) is 9.49. The molecular weight excluding hydrogens is 514 g/mol. The summed E-state index contributed by atoms with van der Waals surface area (Å²) in [6.07, 6.45) is -0.200. The minimum absolute atomic E-state index is 0.0508. The van der Waals surface area contributed by atoms with E-state index in [4.69, 9.17) is 24.4 Å². The quantitative estimate of drug-likeness (QED) is 0.138. The number of primary amides is 1. The van der Waals surface area contributed by atoms with E-state index in [1.807, 2.05) is 0 Å². The first-order valence-corrected chi connectivity index (χ1v) is 11.5. The van der Waals surface area contributed by atoms with Gasteiger partial charge < -0.3 is 44.8 Å². The minimum atomic E-state index is -0.977. The highest BCUT2D eigenvalue weighted by molar-refractivity contribution is 5.94. The maximum absolute atomic E-state index is 13.2. The lowest BCUT2D eigenvalue weighted by Gasteiger charge is -2.26. The third-order valence-electron chi connectivity index (χ3n) is 6.26. The van der Waals surface area contributed by atoms with Gasteiger partial charge in [-0.25, -0.2) is 0 Å². The van der Waals surface area contributed by atoms with Gasteiger partial charge in [0.2, 0.25) is 11.2 Å². The van der Waals surface area contributed by atoms with Crippen LogP contribution in [0.5, 0.6) is 40.2 Å². The van der Waals surface area contributed by atoms with Crippen molar-refractivity contribution in [3.8, 4) is 51.6 Å². The molecule has 0 radical (unpaired) electrons. The Morgan fingerprint density at radius 3 is 2.46 bits per heavy atom. The summed E-state index contributed by atoms with van der Waals surface area (Å²) in [4.78, 5) is 37.0. The molecule has 6 N–H and O–H groups in total. The number of phenols is 3. The van der Waals surface area contributed by atoms with E-state index in [2.05, 4.69) is 0 Å². The molecule has 1 aliphatic rings. The first-order valence-electron chi connectivity index (χ1n) is 11.5. The van der Waals surface area contributed by atoms with Crippen molar-refractivity contribution in [1.82, 2.24) is 0 Å². The van der Waals surface area contributed by atoms with Gasteiger partial charge in [-0.1, -0.05) is 6.07 Å². The first-order chi connectivity index (χ1) is 18.6. The maximum Gasteiger partial charge on any atom is 0.312 e. The van der Waals surface area contributed by atoms with Crippen molar-refractivity contribution in [2.45, 2.75) is 12.3 Å². The van der Waals surface area contributed by atoms with Crippen LogP contribution in [0, 0.1) is 0 Å². The number of benzene rings is 3. The second-order valence-corrected chi connectivity index (χ2v) is 8.72. The average molecular weight is 535 g/mol. The Balaban J connectivity index is 1.77. The molecule has 0 saturated carbocycles. The van der Waals surface area contributed by atoms with Gasteiger partial charge in [0.15, 0.2) is 35.4 Å². The van der Waals surface area contributed by atoms with Gasteiger partial charge in [0.1, 0.15) is 22.5 Å². The molecule has 0 fully saturated rings. The van der Waals surface area contributed by atoms with Crippen molar-refractivity contribution < 1.29 is 48.6 Å². The Hall–Kier alpha value is -5.39. The Bertz CT molecular complexity index is 1720. The SMILES string of the molecule is COc1ccc([C@H]2CC(=O)Oc3cc(O)c4c(=O)c(O)c(-c5ccc(O)c(O)c5)oc4c32)cc1OCC(N)=O. The van der Waals surface area contributed by atoms with E-state index in [1.165, 1.54) is 19.2 Å². The van der Waals surface area contributed by atoms with E-state index in [9.17, 15) is 34.8 Å². The van der Waals surface area contributed by atoms with Gasteiger partial charge in [-0.2, -0.15) is 0 Å². The zero-order valence-corrected chi connectivity index (χ0v) is 20.3. The van der Waals surface area contributed by atoms with Crippen LogP contribution in [0.1, 0.15) is 23.5 Å². The normalized spacial score (nSPS) is 14.5. The van der Waals surface area contributed by atoms with Crippen molar-refractivity contribution >= 4 is 22.8 Å². The molecule has 0 spiro atoms. The number of hydrogen-bond acceptors (Lipinski definition) is 11. The van der Waals surface area contributed by atoms with Crippen LogP contribution >= 0.6 is 0 Å². The first kappa shape index (κ1) is 25.3. The van der Waals surface area contributed by atoms with Crippen LogP contribution in [0.15, 0.2) is 51.7 Å². The summed E-state index contributed by atoms with van der Waals surface area (Å²) >= 11 is 0. The van der Waals surface area contributed by atoms with Crippen LogP contribution in [0.4, 0.5) is 0 Å². The zero-order chi connectivity index (χ0) is 28.0. The van der Waals surface area contributed by atoms with Crippen LogP contribution in [-0.4, -0.2) is 46.0 Å². The Kier molecular flexibility index (Phi) is 6.15. The zero-order valence-electron chi connectivity index (χ0n) is 20.3. The molecule has 4 aromatic rings. The number of hydrogen-bond donors (Lipinski definition) is 5. The summed E-state index contributed by atoms with van der Waals surface area (Å²) in [6.45, 7) is -0.434. The summed E-state index contributed by atoms with van der Waals surface area (Å²) in [5.74, 6) is -4.52. The monoisotopic (exact) mass is 535 g/mol. The number of methoxy groups -OCH3 is 1. The number of carbonyl (C=O) groups excluding carboxylic acids is 2. The van der Waals surface area contributed by atoms with Crippen LogP contribution in [0.25, 0.3) is 22.3 Å². The molecule has 2 heterocycles. The fourth-order valence-electron chi connectivity index (χ4n) is 4.50. The van der Waals surface area contributed by atoms with Gasteiger partial charge in [0.25, 0.3) is 5.91 Å². The Labute approximate surface area is 219 Å². The number of fused-ring (bicyclic) bond motifs is 3. The molecule has 12 heteroatoms. The van der Waals surface area contributed by atoms with E-state index < -0.39 is 52.8 Å². The summed E-state index contributed by atoms with van der Waals surface area (Å²) in [5.41, 5.74) is 4.79. The number of nitrogens with two attached hydrogens (primary N) is 1. The van der Waals surface area contributed by atoms with E-state index in [0.29, 0.717) is 11.3 Å². The molecule has 5 rings (SSSR count). The van der Waals surface area contributed by atoms with Crippen molar-refractivity contribution in [1.29, 1.82) is 0 Å². The van der Waals surface area contributed by atoms with Crippen LogP contribution < -0.4 is 25.4 Å². The standard InChI is InChI=1S/C27H21NO11/c1-36-17-5-3-11(7-18(17)37-10-20(28)32)13-8-21(33)38-19-9-16(31)23-24(34)25(35)26(39-27(23)22(13)19)12-2-4-14(29)15(30)6-12/h2-7,9,13,29-31,35H,8,10H2,1H3,(H2,28,32)/t13-/m1/s1. The fraction of sp³-hybridized carbons (Fsp3) is 0.148. The number of ether oxygens (including phenoxy) is 3. The molecule has 1 atom stereocenters. The van der Waals surface area contributed by atoms with Gasteiger partial charge in [-0.3, -0.25) is 14.4 Å². The number of esters is 1. The maximum atomic E-state index is 13.2. The number of phenolic OH excluding ortho intramolecular Hbond substituents is 3. The number of carbonyl (C=O) groups is 2. The molecule has 200 valence electrons. The van der Waals surface area contributed by atoms with E-state index >= 15 is 0 Å². The molecule has 1 aliphatic heterocycles. The number of rotatable bonds is 6.